The van der Waals surface area contributed by atoms with Crippen LogP contribution < -0.4 is 5.32 Å². The Balaban J connectivity index is 1.74. The third-order valence-electron chi connectivity index (χ3n) is 4.83. The Kier molecular flexibility index (Phi) is 3.64. The van der Waals surface area contributed by atoms with Gasteiger partial charge in [-0.3, -0.25) is 4.90 Å². The Morgan fingerprint density at radius 3 is 2.47 bits per heavy atom. The summed E-state index contributed by atoms with van der Waals surface area (Å²) in [7, 11) is 0. The maximum atomic E-state index is 3.77. The molecule has 2 heterocycles. The van der Waals surface area contributed by atoms with Gasteiger partial charge in [-0.15, -0.1) is 0 Å². The van der Waals surface area contributed by atoms with E-state index in [1.54, 1.807) is 5.56 Å². The predicted octanol–water partition coefficient (Wildman–Crippen LogP) is 2.94. The number of nitrogens with zero attached hydrogens (tertiary/aromatic N) is 1. The van der Waals surface area contributed by atoms with E-state index in [2.05, 4.69) is 43.1 Å². The lowest BCUT2D eigenvalue weighted by molar-refractivity contribution is 0.250. The van der Waals surface area contributed by atoms with E-state index in [9.17, 15) is 0 Å². The lowest BCUT2D eigenvalue weighted by Crippen LogP contribution is -2.35. The number of hydrogen-bond donors (Lipinski definition) is 1. The molecule has 19 heavy (non-hydrogen) atoms. The molecule has 0 amide bonds. The van der Waals surface area contributed by atoms with Crippen LogP contribution in [0.15, 0.2) is 12.1 Å². The molecule has 0 aromatic heterocycles. The molecule has 3 rings (SSSR count). The number of benzene rings is 1. The fraction of sp³-hybridized carbons (Fsp3) is 0.647. The van der Waals surface area contributed by atoms with Gasteiger partial charge in [-0.2, -0.15) is 0 Å². The van der Waals surface area contributed by atoms with Crippen molar-refractivity contribution >= 4 is 0 Å². The van der Waals surface area contributed by atoms with Crippen molar-refractivity contribution in [2.75, 3.05) is 13.1 Å². The van der Waals surface area contributed by atoms with Crippen molar-refractivity contribution < 1.29 is 0 Å². The molecule has 2 aliphatic rings. The van der Waals surface area contributed by atoms with Gasteiger partial charge >= 0.3 is 0 Å². The average Bonchev–Trinajstić information content (AvgIpc) is 2.66. The zero-order chi connectivity index (χ0) is 13.4. The fourth-order valence-corrected chi connectivity index (χ4v) is 3.84. The van der Waals surface area contributed by atoms with E-state index in [1.807, 2.05) is 0 Å². The topological polar surface area (TPSA) is 15.3 Å². The summed E-state index contributed by atoms with van der Waals surface area (Å²) in [5.74, 6) is 0. The molecule has 2 aliphatic heterocycles. The maximum Gasteiger partial charge on any atom is 0.0239 e. The minimum Gasteiger partial charge on any atom is -0.310 e. The first kappa shape index (κ1) is 13.1. The Hall–Kier alpha value is -0.860. The van der Waals surface area contributed by atoms with E-state index in [1.165, 1.54) is 49.0 Å². The van der Waals surface area contributed by atoms with E-state index >= 15 is 0 Å². The number of aryl methyl sites for hydroxylation is 3. The van der Waals surface area contributed by atoms with Gasteiger partial charge in [0.15, 0.2) is 0 Å². The summed E-state index contributed by atoms with van der Waals surface area (Å²) < 4.78 is 0. The van der Waals surface area contributed by atoms with E-state index in [0.29, 0.717) is 0 Å². The van der Waals surface area contributed by atoms with Crippen LogP contribution in [0.3, 0.4) is 0 Å². The predicted molar refractivity (Wildman–Crippen MR) is 80.5 cm³/mol. The second-order valence-corrected chi connectivity index (χ2v) is 6.54. The van der Waals surface area contributed by atoms with Crippen LogP contribution in [0.1, 0.15) is 41.5 Å². The fourth-order valence-electron chi connectivity index (χ4n) is 3.84. The van der Waals surface area contributed by atoms with Gasteiger partial charge in [0, 0.05) is 31.7 Å². The molecule has 104 valence electrons. The van der Waals surface area contributed by atoms with Crippen LogP contribution in [0.25, 0.3) is 0 Å². The molecule has 0 spiro atoms. The quantitative estimate of drug-likeness (QED) is 0.877. The summed E-state index contributed by atoms with van der Waals surface area (Å²) in [5.41, 5.74) is 5.85. The number of rotatable bonds is 2. The van der Waals surface area contributed by atoms with Gasteiger partial charge in [0.05, 0.1) is 0 Å². The molecule has 0 aliphatic carbocycles. The van der Waals surface area contributed by atoms with Crippen molar-refractivity contribution in [2.24, 2.45) is 0 Å². The number of nitrogens with one attached hydrogen (secondary N) is 1. The van der Waals surface area contributed by atoms with Crippen LogP contribution >= 0.6 is 0 Å². The second-order valence-electron chi connectivity index (χ2n) is 6.54. The minimum absolute atomic E-state index is 0.735. The van der Waals surface area contributed by atoms with Crippen molar-refractivity contribution in [3.63, 3.8) is 0 Å². The van der Waals surface area contributed by atoms with Crippen LogP contribution in [0, 0.1) is 20.8 Å². The molecule has 1 aromatic carbocycles. The average molecular weight is 258 g/mol. The second kappa shape index (κ2) is 5.26. The van der Waals surface area contributed by atoms with Crippen LogP contribution in [0.5, 0.6) is 0 Å². The SMILES string of the molecule is Cc1cc(C)c(CN2CCC3CCC(C2)N3)c(C)c1. The third-order valence-corrected chi connectivity index (χ3v) is 4.83. The Morgan fingerprint density at radius 2 is 1.74 bits per heavy atom. The van der Waals surface area contributed by atoms with Gasteiger partial charge in [-0.25, -0.2) is 0 Å². The number of fused-ring (bicyclic) bond motifs is 2. The highest BCUT2D eigenvalue weighted by molar-refractivity contribution is 5.37. The summed E-state index contributed by atoms with van der Waals surface area (Å²) in [4.78, 5) is 2.65. The van der Waals surface area contributed by atoms with Gasteiger partial charge in [-0.05, 0) is 56.7 Å². The van der Waals surface area contributed by atoms with E-state index < -0.39 is 0 Å². The Morgan fingerprint density at radius 1 is 1.05 bits per heavy atom. The molecule has 2 fully saturated rings. The highest BCUT2D eigenvalue weighted by Crippen LogP contribution is 2.24. The summed E-state index contributed by atoms with van der Waals surface area (Å²) in [5, 5.41) is 3.77. The van der Waals surface area contributed by atoms with Gasteiger partial charge in [0.2, 0.25) is 0 Å². The minimum atomic E-state index is 0.735. The monoisotopic (exact) mass is 258 g/mol. The maximum absolute atomic E-state index is 3.77. The molecule has 2 bridgehead atoms. The molecule has 2 nitrogen and oxygen atoms in total. The molecule has 2 atom stereocenters. The first-order chi connectivity index (χ1) is 9.11. The lowest BCUT2D eigenvalue weighted by Gasteiger charge is -2.25. The van der Waals surface area contributed by atoms with Crippen LogP contribution in [0.2, 0.25) is 0 Å². The van der Waals surface area contributed by atoms with E-state index in [4.69, 9.17) is 0 Å². The molecule has 0 radical (unpaired) electrons. The van der Waals surface area contributed by atoms with Crippen molar-refractivity contribution in [3.8, 4) is 0 Å². The van der Waals surface area contributed by atoms with Gasteiger partial charge < -0.3 is 5.32 Å². The standard InChI is InChI=1S/C17H26N2/c1-12-8-13(2)17(14(3)9-12)11-19-7-6-15-4-5-16(10-19)18-15/h8-9,15-16,18H,4-7,10-11H2,1-3H3. The summed E-state index contributed by atoms with van der Waals surface area (Å²) >= 11 is 0. The molecule has 1 N–H and O–H groups in total. The Labute approximate surface area is 117 Å². The van der Waals surface area contributed by atoms with Gasteiger partial charge in [0.1, 0.15) is 0 Å². The summed E-state index contributed by atoms with van der Waals surface area (Å²) in [6.07, 6.45) is 4.08. The molecular weight excluding hydrogens is 232 g/mol. The molecule has 2 heteroatoms. The molecule has 1 aromatic rings. The van der Waals surface area contributed by atoms with Crippen LogP contribution in [-0.2, 0) is 6.54 Å². The molecule has 2 saturated heterocycles. The number of hydrogen-bond acceptors (Lipinski definition) is 2. The van der Waals surface area contributed by atoms with Gasteiger partial charge in [-0.1, -0.05) is 17.7 Å². The van der Waals surface area contributed by atoms with Gasteiger partial charge in [0.25, 0.3) is 0 Å². The first-order valence-electron chi connectivity index (χ1n) is 7.67. The van der Waals surface area contributed by atoms with Crippen molar-refractivity contribution in [2.45, 2.75) is 58.7 Å². The summed E-state index contributed by atoms with van der Waals surface area (Å²) in [6, 6.07) is 6.17. The number of likely N-dealkylation sites (tertiary alicyclic amines) is 1. The van der Waals surface area contributed by atoms with Crippen molar-refractivity contribution in [1.82, 2.24) is 10.2 Å². The highest BCUT2D eigenvalue weighted by atomic mass is 15.2. The smallest absolute Gasteiger partial charge is 0.0239 e. The largest absolute Gasteiger partial charge is 0.310 e. The highest BCUT2D eigenvalue weighted by Gasteiger charge is 2.29. The summed E-state index contributed by atoms with van der Waals surface area (Å²) in [6.45, 7) is 10.3. The first-order valence-corrected chi connectivity index (χ1v) is 7.67. The zero-order valence-electron chi connectivity index (χ0n) is 12.5. The lowest BCUT2D eigenvalue weighted by atomic mass is 9.98. The normalized spacial score (nSPS) is 27.5. The van der Waals surface area contributed by atoms with E-state index in [0.717, 1.165) is 18.6 Å². The molecule has 0 saturated carbocycles. The van der Waals surface area contributed by atoms with Crippen LogP contribution in [-0.4, -0.2) is 30.1 Å². The molecular formula is C17H26N2. The van der Waals surface area contributed by atoms with Crippen molar-refractivity contribution in [3.05, 3.63) is 34.4 Å². The van der Waals surface area contributed by atoms with Crippen LogP contribution in [0.4, 0.5) is 0 Å². The third kappa shape index (κ3) is 2.85. The van der Waals surface area contributed by atoms with E-state index in [-0.39, 0.29) is 0 Å². The molecule has 2 unspecified atom stereocenters. The Bertz CT molecular complexity index is 443. The zero-order valence-corrected chi connectivity index (χ0v) is 12.5. The van der Waals surface area contributed by atoms with Crippen molar-refractivity contribution in [1.29, 1.82) is 0 Å².